The third-order valence-electron chi connectivity index (χ3n) is 3.34. The van der Waals surface area contributed by atoms with E-state index in [1.54, 1.807) is 13.8 Å². The topological polar surface area (TPSA) is 80.9 Å². The van der Waals surface area contributed by atoms with Crippen molar-refractivity contribution in [3.05, 3.63) is 0 Å². The van der Waals surface area contributed by atoms with Crippen molar-refractivity contribution in [2.24, 2.45) is 10.8 Å². The van der Waals surface area contributed by atoms with E-state index in [0.29, 0.717) is 0 Å². The molecule has 0 radical (unpaired) electrons. The van der Waals surface area contributed by atoms with E-state index in [9.17, 15) is 0 Å². The van der Waals surface area contributed by atoms with Gasteiger partial charge in [0, 0.05) is 10.8 Å². The standard InChI is InChI=1S/C9H20O2.C5H12O2/c1-3-5-6-9(4-2,7-10)8-11;1-5(2,3-6)4-7/h10-11H,3-8H2,1-2H3;6-7H,3-4H2,1-2H3. The molecule has 0 aliphatic rings. The summed E-state index contributed by atoms with van der Waals surface area (Å²) in [5.41, 5.74) is -0.518. The van der Waals surface area contributed by atoms with E-state index in [2.05, 4.69) is 6.92 Å². The maximum atomic E-state index is 9.04. The lowest BCUT2D eigenvalue weighted by Crippen LogP contribution is -2.28. The van der Waals surface area contributed by atoms with Crippen LogP contribution in [0.1, 0.15) is 53.4 Å². The molecule has 0 saturated carbocycles. The second-order valence-electron chi connectivity index (χ2n) is 5.75. The van der Waals surface area contributed by atoms with Crippen LogP contribution in [0.25, 0.3) is 0 Å². The van der Waals surface area contributed by atoms with Crippen molar-refractivity contribution in [1.29, 1.82) is 0 Å². The Kier molecular flexibility index (Phi) is 12.0. The third kappa shape index (κ3) is 8.86. The van der Waals surface area contributed by atoms with Crippen LogP contribution in [0.5, 0.6) is 0 Å². The van der Waals surface area contributed by atoms with E-state index in [1.165, 1.54) is 0 Å². The molecule has 0 heterocycles. The van der Waals surface area contributed by atoms with Gasteiger partial charge in [0.15, 0.2) is 0 Å². The minimum atomic E-state index is -0.306. The molecule has 4 heteroatoms. The molecule has 0 fully saturated rings. The van der Waals surface area contributed by atoms with Gasteiger partial charge in [0.05, 0.1) is 26.4 Å². The third-order valence-corrected chi connectivity index (χ3v) is 3.34. The van der Waals surface area contributed by atoms with E-state index in [0.717, 1.165) is 25.7 Å². The number of aliphatic hydroxyl groups excluding tert-OH is 4. The number of rotatable bonds is 8. The molecule has 0 bridgehead atoms. The van der Waals surface area contributed by atoms with Crippen molar-refractivity contribution in [1.82, 2.24) is 0 Å². The van der Waals surface area contributed by atoms with Crippen molar-refractivity contribution in [2.75, 3.05) is 26.4 Å². The van der Waals surface area contributed by atoms with Crippen molar-refractivity contribution < 1.29 is 20.4 Å². The molecule has 0 saturated heterocycles. The van der Waals surface area contributed by atoms with Gasteiger partial charge in [-0.2, -0.15) is 0 Å². The molecule has 18 heavy (non-hydrogen) atoms. The van der Waals surface area contributed by atoms with Crippen LogP contribution in [0.2, 0.25) is 0 Å². The Morgan fingerprint density at radius 3 is 1.39 bits per heavy atom. The molecule has 0 amide bonds. The van der Waals surface area contributed by atoms with Crippen LogP contribution in [0, 0.1) is 10.8 Å². The van der Waals surface area contributed by atoms with Gasteiger partial charge in [0.1, 0.15) is 0 Å². The molecular formula is C14H32O4. The lowest BCUT2D eigenvalue weighted by molar-refractivity contribution is 0.0420. The minimum absolute atomic E-state index is 0.0451. The van der Waals surface area contributed by atoms with E-state index in [4.69, 9.17) is 20.4 Å². The summed E-state index contributed by atoms with van der Waals surface area (Å²) in [5.74, 6) is 0. The molecule has 0 unspecified atom stereocenters. The van der Waals surface area contributed by atoms with Gasteiger partial charge >= 0.3 is 0 Å². The minimum Gasteiger partial charge on any atom is -0.396 e. The quantitative estimate of drug-likeness (QED) is 0.536. The van der Waals surface area contributed by atoms with Crippen LogP contribution in [-0.2, 0) is 0 Å². The first-order chi connectivity index (χ1) is 8.36. The highest BCUT2D eigenvalue weighted by Crippen LogP contribution is 2.27. The first-order valence-electron chi connectivity index (χ1n) is 6.80. The van der Waals surface area contributed by atoms with Crippen LogP contribution < -0.4 is 0 Å². The predicted octanol–water partition coefficient (Wildman–Crippen LogP) is 1.55. The molecule has 0 aliphatic heterocycles. The Bertz CT molecular complexity index is 162. The van der Waals surface area contributed by atoms with E-state index in [1.807, 2.05) is 6.92 Å². The monoisotopic (exact) mass is 264 g/mol. The highest BCUT2D eigenvalue weighted by atomic mass is 16.3. The number of unbranched alkanes of at least 4 members (excludes halogenated alkanes) is 1. The van der Waals surface area contributed by atoms with Gasteiger partial charge in [-0.3, -0.25) is 0 Å². The van der Waals surface area contributed by atoms with Crippen LogP contribution >= 0.6 is 0 Å². The largest absolute Gasteiger partial charge is 0.396 e. The lowest BCUT2D eigenvalue weighted by Gasteiger charge is -2.27. The molecule has 0 rings (SSSR count). The maximum Gasteiger partial charge on any atom is 0.0509 e. The summed E-state index contributed by atoms with van der Waals surface area (Å²) in [6.45, 7) is 8.05. The second-order valence-corrected chi connectivity index (χ2v) is 5.75. The Hall–Kier alpha value is -0.160. The fourth-order valence-electron chi connectivity index (χ4n) is 1.21. The summed E-state index contributed by atoms with van der Waals surface area (Å²) in [4.78, 5) is 0. The van der Waals surface area contributed by atoms with Crippen LogP contribution in [0.3, 0.4) is 0 Å². The van der Waals surface area contributed by atoms with Gasteiger partial charge < -0.3 is 20.4 Å². The van der Waals surface area contributed by atoms with Gasteiger partial charge in [-0.15, -0.1) is 0 Å². The molecule has 112 valence electrons. The predicted molar refractivity (Wildman–Crippen MR) is 74.4 cm³/mol. The van der Waals surface area contributed by atoms with Crippen molar-refractivity contribution in [3.8, 4) is 0 Å². The zero-order valence-electron chi connectivity index (χ0n) is 12.4. The van der Waals surface area contributed by atoms with Crippen LogP contribution in [-0.4, -0.2) is 46.9 Å². The summed E-state index contributed by atoms with van der Waals surface area (Å²) >= 11 is 0. The van der Waals surface area contributed by atoms with Gasteiger partial charge in [-0.1, -0.05) is 40.5 Å². The molecule has 0 aromatic heterocycles. The first kappa shape index (κ1) is 20.2. The average molecular weight is 264 g/mol. The Labute approximate surface area is 112 Å². The van der Waals surface area contributed by atoms with E-state index < -0.39 is 0 Å². The molecule has 4 N–H and O–H groups in total. The Balaban J connectivity index is 0. The lowest BCUT2D eigenvalue weighted by atomic mass is 9.82. The maximum absolute atomic E-state index is 9.04. The summed E-state index contributed by atoms with van der Waals surface area (Å²) in [6, 6.07) is 0. The smallest absolute Gasteiger partial charge is 0.0509 e. The molecule has 0 spiro atoms. The normalized spacial score (nSPS) is 12.0. The highest BCUT2D eigenvalue weighted by molar-refractivity contribution is 4.75. The fourth-order valence-corrected chi connectivity index (χ4v) is 1.21. The molecular weight excluding hydrogens is 232 g/mol. The zero-order chi connectivity index (χ0) is 14.7. The summed E-state index contributed by atoms with van der Waals surface area (Å²) in [5, 5.41) is 35.0. The molecule has 0 aromatic carbocycles. The molecule has 0 aliphatic carbocycles. The fraction of sp³-hybridized carbons (Fsp3) is 1.00. The Morgan fingerprint density at radius 1 is 0.778 bits per heavy atom. The van der Waals surface area contributed by atoms with Crippen molar-refractivity contribution >= 4 is 0 Å². The second kappa shape index (κ2) is 10.7. The summed E-state index contributed by atoms with van der Waals surface area (Å²) in [6.07, 6.45) is 4.02. The summed E-state index contributed by atoms with van der Waals surface area (Å²) < 4.78 is 0. The highest BCUT2D eigenvalue weighted by Gasteiger charge is 2.25. The van der Waals surface area contributed by atoms with Gasteiger partial charge in [0.25, 0.3) is 0 Å². The molecule has 0 aromatic rings. The first-order valence-corrected chi connectivity index (χ1v) is 6.80. The number of hydrogen-bond donors (Lipinski definition) is 4. The van der Waals surface area contributed by atoms with E-state index >= 15 is 0 Å². The Morgan fingerprint density at radius 2 is 1.22 bits per heavy atom. The zero-order valence-corrected chi connectivity index (χ0v) is 12.4. The number of aliphatic hydroxyl groups is 4. The van der Waals surface area contributed by atoms with Gasteiger partial charge in [-0.05, 0) is 12.8 Å². The van der Waals surface area contributed by atoms with Crippen molar-refractivity contribution in [3.63, 3.8) is 0 Å². The van der Waals surface area contributed by atoms with E-state index in [-0.39, 0.29) is 37.3 Å². The molecule has 0 atom stereocenters. The number of hydrogen-bond acceptors (Lipinski definition) is 4. The SMILES string of the molecule is CC(C)(CO)CO.CCCCC(CC)(CO)CO. The average Bonchev–Trinajstić information content (AvgIpc) is 2.42. The van der Waals surface area contributed by atoms with Gasteiger partial charge in [-0.25, -0.2) is 0 Å². The molecule has 4 nitrogen and oxygen atoms in total. The van der Waals surface area contributed by atoms with Crippen LogP contribution in [0.4, 0.5) is 0 Å². The van der Waals surface area contributed by atoms with Gasteiger partial charge in [0.2, 0.25) is 0 Å². The van der Waals surface area contributed by atoms with Crippen LogP contribution in [0.15, 0.2) is 0 Å². The van der Waals surface area contributed by atoms with Crippen molar-refractivity contribution in [2.45, 2.75) is 53.4 Å². The summed E-state index contributed by atoms with van der Waals surface area (Å²) in [7, 11) is 0.